The van der Waals surface area contributed by atoms with E-state index in [0.717, 1.165) is 22.8 Å². The number of aryl methyl sites for hydroxylation is 1. The Kier molecular flexibility index (Phi) is 4.42. The van der Waals surface area contributed by atoms with E-state index < -0.39 is 0 Å². The summed E-state index contributed by atoms with van der Waals surface area (Å²) in [5.41, 5.74) is 4.14. The number of rotatable bonds is 5. The van der Waals surface area contributed by atoms with Crippen LogP contribution in [0.4, 0.5) is 5.95 Å². The van der Waals surface area contributed by atoms with Gasteiger partial charge in [0, 0.05) is 19.2 Å². The summed E-state index contributed by atoms with van der Waals surface area (Å²) < 4.78 is 7.14. The van der Waals surface area contributed by atoms with Crippen molar-refractivity contribution in [2.45, 2.75) is 13.5 Å². The van der Waals surface area contributed by atoms with Crippen LogP contribution in [0.25, 0.3) is 11.3 Å². The van der Waals surface area contributed by atoms with Crippen molar-refractivity contribution in [3.63, 3.8) is 0 Å². The van der Waals surface area contributed by atoms with Crippen molar-refractivity contribution in [2.24, 2.45) is 7.05 Å². The quantitative estimate of drug-likeness (QED) is 0.751. The van der Waals surface area contributed by atoms with Gasteiger partial charge in [-0.05, 0) is 18.6 Å². The van der Waals surface area contributed by atoms with E-state index in [0.29, 0.717) is 12.3 Å². The second-order valence-electron chi connectivity index (χ2n) is 5.71. The summed E-state index contributed by atoms with van der Waals surface area (Å²) in [4.78, 5) is 4.44. The van der Waals surface area contributed by atoms with E-state index in [1.165, 1.54) is 5.56 Å². The second kappa shape index (κ2) is 6.66. The van der Waals surface area contributed by atoms with Crippen LogP contribution in [-0.4, -0.2) is 21.8 Å². The topological polar surface area (TPSA) is 59.3 Å². The Morgan fingerprint density at radius 2 is 1.92 bits per heavy atom. The number of imidazole rings is 1. The van der Waals surface area contributed by atoms with Gasteiger partial charge in [0.1, 0.15) is 0 Å². The Labute approximate surface area is 141 Å². The lowest BCUT2D eigenvalue weighted by Gasteiger charge is -2.11. The lowest BCUT2D eigenvalue weighted by Crippen LogP contribution is -2.06. The fourth-order valence-electron chi connectivity index (χ4n) is 2.62. The highest BCUT2D eigenvalue weighted by Gasteiger charge is 2.11. The molecule has 0 spiro atoms. The fourth-order valence-corrected chi connectivity index (χ4v) is 2.62. The third-order valence-electron chi connectivity index (χ3n) is 4.07. The highest BCUT2D eigenvalue weighted by atomic mass is 16.5. The number of ether oxygens (including phenoxy) is 1. The normalized spacial score (nSPS) is 10.6. The fraction of sp³-hybridized carbons (Fsp3) is 0.211. The van der Waals surface area contributed by atoms with Gasteiger partial charge in [-0.2, -0.15) is 0 Å². The van der Waals surface area contributed by atoms with E-state index in [1.807, 2.05) is 29.9 Å². The number of nitrogens with zero attached hydrogens (tertiary/aromatic N) is 2. The summed E-state index contributed by atoms with van der Waals surface area (Å²) >= 11 is 0. The van der Waals surface area contributed by atoms with E-state index in [2.05, 4.69) is 41.5 Å². The molecule has 0 aliphatic rings. The molecule has 2 N–H and O–H groups in total. The highest BCUT2D eigenvalue weighted by Crippen LogP contribution is 2.30. The standard InChI is InChI=1S/C19H21N3O2/c1-13-7-9-14(10-8-13)16-12-21-19(22(16)2)20-11-15-5-4-6-17(24-3)18(15)23/h4-10,12,23H,11H2,1-3H3,(H,20,21). The van der Waals surface area contributed by atoms with Gasteiger partial charge >= 0.3 is 0 Å². The number of phenolic OH excluding ortho intramolecular Hbond substituents is 1. The summed E-state index contributed by atoms with van der Waals surface area (Å²) in [5, 5.41) is 13.4. The highest BCUT2D eigenvalue weighted by molar-refractivity contribution is 5.62. The first kappa shape index (κ1) is 15.9. The smallest absolute Gasteiger partial charge is 0.203 e. The van der Waals surface area contributed by atoms with Crippen LogP contribution >= 0.6 is 0 Å². The average molecular weight is 323 g/mol. The van der Waals surface area contributed by atoms with Crippen LogP contribution in [0, 0.1) is 6.92 Å². The van der Waals surface area contributed by atoms with Crippen LogP contribution in [0.15, 0.2) is 48.7 Å². The first-order valence-electron chi connectivity index (χ1n) is 7.77. The lowest BCUT2D eigenvalue weighted by atomic mass is 10.1. The Balaban J connectivity index is 1.79. The van der Waals surface area contributed by atoms with Crippen molar-refractivity contribution in [1.29, 1.82) is 0 Å². The minimum absolute atomic E-state index is 0.153. The van der Waals surface area contributed by atoms with Crippen LogP contribution < -0.4 is 10.1 Å². The molecule has 0 saturated carbocycles. The molecule has 3 rings (SSSR count). The first-order chi connectivity index (χ1) is 11.6. The van der Waals surface area contributed by atoms with Gasteiger partial charge in [0.15, 0.2) is 11.5 Å². The van der Waals surface area contributed by atoms with Crippen molar-refractivity contribution < 1.29 is 9.84 Å². The molecule has 3 aromatic rings. The molecular formula is C19H21N3O2. The first-order valence-corrected chi connectivity index (χ1v) is 7.77. The molecule has 1 heterocycles. The summed E-state index contributed by atoms with van der Waals surface area (Å²) in [6, 6.07) is 13.8. The number of methoxy groups -OCH3 is 1. The van der Waals surface area contributed by atoms with Crippen LogP contribution in [0.1, 0.15) is 11.1 Å². The van der Waals surface area contributed by atoms with E-state index >= 15 is 0 Å². The van der Waals surface area contributed by atoms with E-state index in [9.17, 15) is 5.11 Å². The van der Waals surface area contributed by atoms with Crippen LogP contribution in [0.5, 0.6) is 11.5 Å². The zero-order chi connectivity index (χ0) is 17.1. The van der Waals surface area contributed by atoms with Gasteiger partial charge in [-0.15, -0.1) is 0 Å². The van der Waals surface area contributed by atoms with Gasteiger partial charge in [-0.1, -0.05) is 42.0 Å². The molecular weight excluding hydrogens is 302 g/mol. The Morgan fingerprint density at radius 1 is 1.17 bits per heavy atom. The SMILES string of the molecule is COc1cccc(CNc2ncc(-c3ccc(C)cc3)n2C)c1O. The van der Waals surface area contributed by atoms with Crippen molar-refractivity contribution in [3.8, 4) is 22.8 Å². The molecule has 0 atom stereocenters. The maximum atomic E-state index is 10.2. The average Bonchev–Trinajstić information content (AvgIpc) is 2.95. The molecule has 2 aromatic carbocycles. The van der Waals surface area contributed by atoms with Crippen molar-refractivity contribution in [2.75, 3.05) is 12.4 Å². The van der Waals surface area contributed by atoms with E-state index in [4.69, 9.17) is 4.74 Å². The maximum absolute atomic E-state index is 10.2. The minimum Gasteiger partial charge on any atom is -0.504 e. The van der Waals surface area contributed by atoms with E-state index in [-0.39, 0.29) is 5.75 Å². The molecule has 0 aliphatic carbocycles. The number of nitrogens with one attached hydrogen (secondary N) is 1. The molecule has 5 nitrogen and oxygen atoms in total. The number of hydrogen-bond donors (Lipinski definition) is 2. The van der Waals surface area contributed by atoms with Crippen LogP contribution in [0.3, 0.4) is 0 Å². The molecule has 1 aromatic heterocycles. The zero-order valence-corrected chi connectivity index (χ0v) is 14.1. The Hall–Kier alpha value is -2.95. The third-order valence-corrected chi connectivity index (χ3v) is 4.07. The number of benzene rings is 2. The summed E-state index contributed by atoms with van der Waals surface area (Å²) in [5.74, 6) is 1.36. The van der Waals surface area contributed by atoms with Gasteiger partial charge in [0.05, 0.1) is 19.0 Å². The second-order valence-corrected chi connectivity index (χ2v) is 5.71. The Bertz CT molecular complexity index is 838. The number of phenols is 1. The molecule has 0 aliphatic heterocycles. The Morgan fingerprint density at radius 3 is 2.62 bits per heavy atom. The molecule has 124 valence electrons. The molecule has 5 heteroatoms. The summed E-state index contributed by atoms with van der Waals surface area (Å²) in [6.07, 6.45) is 1.85. The molecule has 0 radical (unpaired) electrons. The van der Waals surface area contributed by atoms with Crippen LogP contribution in [-0.2, 0) is 13.6 Å². The van der Waals surface area contributed by atoms with Crippen molar-refractivity contribution in [1.82, 2.24) is 9.55 Å². The zero-order valence-electron chi connectivity index (χ0n) is 14.1. The third kappa shape index (κ3) is 3.06. The minimum atomic E-state index is 0.153. The summed E-state index contributed by atoms with van der Waals surface area (Å²) in [6.45, 7) is 2.53. The number of para-hydroxylation sites is 1. The molecule has 0 amide bonds. The van der Waals surface area contributed by atoms with Gasteiger partial charge < -0.3 is 19.7 Å². The number of aromatic nitrogens is 2. The molecule has 0 bridgehead atoms. The monoisotopic (exact) mass is 323 g/mol. The van der Waals surface area contributed by atoms with Gasteiger partial charge in [0.25, 0.3) is 0 Å². The maximum Gasteiger partial charge on any atom is 0.203 e. The number of hydrogen-bond acceptors (Lipinski definition) is 4. The van der Waals surface area contributed by atoms with Crippen LogP contribution in [0.2, 0.25) is 0 Å². The van der Waals surface area contributed by atoms with Gasteiger partial charge in [-0.25, -0.2) is 4.98 Å². The summed E-state index contributed by atoms with van der Waals surface area (Å²) in [7, 11) is 3.51. The predicted molar refractivity (Wildman–Crippen MR) is 95.4 cm³/mol. The molecule has 0 unspecified atom stereocenters. The van der Waals surface area contributed by atoms with Crippen molar-refractivity contribution in [3.05, 3.63) is 59.8 Å². The number of aromatic hydroxyl groups is 1. The largest absolute Gasteiger partial charge is 0.504 e. The van der Waals surface area contributed by atoms with Gasteiger partial charge in [0.2, 0.25) is 5.95 Å². The van der Waals surface area contributed by atoms with E-state index in [1.54, 1.807) is 13.2 Å². The van der Waals surface area contributed by atoms with Gasteiger partial charge in [-0.3, -0.25) is 0 Å². The number of anilines is 1. The molecule has 0 fully saturated rings. The molecule has 0 saturated heterocycles. The lowest BCUT2D eigenvalue weighted by molar-refractivity contribution is 0.371. The molecule has 24 heavy (non-hydrogen) atoms. The van der Waals surface area contributed by atoms with Crippen molar-refractivity contribution >= 4 is 5.95 Å². The predicted octanol–water partition coefficient (Wildman–Crippen LogP) is 3.72.